The van der Waals surface area contributed by atoms with E-state index in [2.05, 4.69) is 40.8 Å². The Balaban J connectivity index is 4.57. The second-order valence-electron chi connectivity index (χ2n) is 6.30. The summed E-state index contributed by atoms with van der Waals surface area (Å²) in [6, 6.07) is 0. The van der Waals surface area contributed by atoms with Gasteiger partial charge in [0.25, 0.3) is 0 Å². The summed E-state index contributed by atoms with van der Waals surface area (Å²) in [6.07, 6.45) is 2.34. The predicted octanol–water partition coefficient (Wildman–Crippen LogP) is 4.13. The minimum Gasteiger partial charge on any atom is -0.466 e. The van der Waals surface area contributed by atoms with E-state index in [0.717, 1.165) is 12.8 Å². The van der Waals surface area contributed by atoms with Crippen LogP contribution in [-0.2, 0) is 14.0 Å². The van der Waals surface area contributed by atoms with Crippen molar-refractivity contribution in [1.82, 2.24) is 0 Å². The normalized spacial score (nSPS) is 14.4. The summed E-state index contributed by atoms with van der Waals surface area (Å²) >= 11 is 0. The van der Waals surface area contributed by atoms with Crippen LogP contribution in [-0.4, -0.2) is 27.0 Å². The van der Waals surface area contributed by atoms with Gasteiger partial charge in [-0.05, 0) is 31.5 Å². The lowest BCUT2D eigenvalue weighted by Gasteiger charge is -2.39. The summed E-state index contributed by atoms with van der Waals surface area (Å²) in [5, 5.41) is 0.174. The van der Waals surface area contributed by atoms with E-state index in [1.54, 1.807) is 0 Å². The van der Waals surface area contributed by atoms with Crippen LogP contribution in [0.3, 0.4) is 0 Å². The second kappa shape index (κ2) is 7.29. The van der Waals surface area contributed by atoms with Crippen LogP contribution in [0.25, 0.3) is 0 Å². The molecule has 3 nitrogen and oxygen atoms in total. The maximum absolute atomic E-state index is 11.6. The van der Waals surface area contributed by atoms with E-state index in [1.165, 1.54) is 0 Å². The zero-order chi connectivity index (χ0) is 14.4. The zero-order valence-corrected chi connectivity index (χ0v) is 14.1. The van der Waals surface area contributed by atoms with Gasteiger partial charge >= 0.3 is 5.97 Å². The fourth-order valence-electron chi connectivity index (χ4n) is 1.52. The summed E-state index contributed by atoms with van der Waals surface area (Å²) < 4.78 is 11.3. The van der Waals surface area contributed by atoms with Gasteiger partial charge in [-0.25, -0.2) is 0 Å². The third kappa shape index (κ3) is 6.00. The minimum absolute atomic E-state index is 0.00921. The van der Waals surface area contributed by atoms with Gasteiger partial charge < -0.3 is 9.16 Å². The Hall–Kier alpha value is -0.353. The molecule has 0 spiro atoms. The average molecular weight is 274 g/mol. The standard InChI is InChI=1S/C14H30O3Si/c1-8-10-12(11-13(15)16-9-2)17-18(6,7)14(3,4)5/h12H,8-11H2,1-7H3/t12-/m1/s1. The molecule has 0 aliphatic heterocycles. The largest absolute Gasteiger partial charge is 0.466 e. The van der Waals surface area contributed by atoms with Crippen molar-refractivity contribution < 1.29 is 14.0 Å². The van der Waals surface area contributed by atoms with Crippen LogP contribution in [0, 0.1) is 0 Å². The van der Waals surface area contributed by atoms with E-state index >= 15 is 0 Å². The molecule has 0 heterocycles. The molecule has 0 radical (unpaired) electrons. The molecule has 1 atom stereocenters. The van der Waals surface area contributed by atoms with Gasteiger partial charge in [0.2, 0.25) is 0 Å². The Kier molecular flexibility index (Phi) is 7.15. The maximum atomic E-state index is 11.6. The van der Waals surface area contributed by atoms with Crippen LogP contribution in [0.2, 0.25) is 18.1 Å². The highest BCUT2D eigenvalue weighted by Gasteiger charge is 2.39. The molecule has 0 N–H and O–H groups in total. The van der Waals surface area contributed by atoms with Gasteiger partial charge in [-0.1, -0.05) is 34.1 Å². The van der Waals surface area contributed by atoms with Crippen molar-refractivity contribution in [3.05, 3.63) is 0 Å². The molecule has 0 aliphatic carbocycles. The fourth-order valence-corrected chi connectivity index (χ4v) is 2.91. The van der Waals surface area contributed by atoms with E-state index in [9.17, 15) is 4.79 Å². The minimum atomic E-state index is -1.80. The highest BCUT2D eigenvalue weighted by molar-refractivity contribution is 6.74. The van der Waals surface area contributed by atoms with Crippen LogP contribution in [0.4, 0.5) is 0 Å². The second-order valence-corrected chi connectivity index (χ2v) is 11.1. The maximum Gasteiger partial charge on any atom is 0.308 e. The molecule has 0 saturated heterocycles. The summed E-state index contributed by atoms with van der Waals surface area (Å²) in [7, 11) is -1.80. The average Bonchev–Trinajstić information content (AvgIpc) is 2.15. The van der Waals surface area contributed by atoms with Crippen molar-refractivity contribution in [2.45, 2.75) is 78.1 Å². The fraction of sp³-hybridized carbons (Fsp3) is 0.929. The van der Waals surface area contributed by atoms with Crippen LogP contribution in [0.15, 0.2) is 0 Å². The summed E-state index contributed by atoms with van der Waals surface area (Å²) in [4.78, 5) is 11.6. The molecule has 4 heteroatoms. The van der Waals surface area contributed by atoms with Crippen LogP contribution in [0.1, 0.15) is 53.9 Å². The molecule has 0 unspecified atom stereocenters. The lowest BCUT2D eigenvalue weighted by Crippen LogP contribution is -2.44. The molecule has 0 rings (SSSR count). The van der Waals surface area contributed by atoms with E-state index in [0.29, 0.717) is 13.0 Å². The van der Waals surface area contributed by atoms with Crippen molar-refractivity contribution in [1.29, 1.82) is 0 Å². The van der Waals surface area contributed by atoms with E-state index in [4.69, 9.17) is 9.16 Å². The van der Waals surface area contributed by atoms with E-state index in [-0.39, 0.29) is 17.1 Å². The lowest BCUT2D eigenvalue weighted by molar-refractivity contribution is -0.145. The third-order valence-corrected chi connectivity index (χ3v) is 8.11. The lowest BCUT2D eigenvalue weighted by atomic mass is 10.1. The Morgan fingerprint density at radius 2 is 1.78 bits per heavy atom. The van der Waals surface area contributed by atoms with E-state index < -0.39 is 8.32 Å². The summed E-state index contributed by atoms with van der Waals surface area (Å²) in [5.74, 6) is -0.144. The topological polar surface area (TPSA) is 35.5 Å². The summed E-state index contributed by atoms with van der Waals surface area (Å²) in [5.41, 5.74) is 0. The number of hydrogen-bond acceptors (Lipinski definition) is 3. The molecule has 0 aromatic carbocycles. The molecular weight excluding hydrogens is 244 g/mol. The Morgan fingerprint density at radius 3 is 2.17 bits per heavy atom. The number of esters is 1. The molecule has 0 saturated carbocycles. The monoisotopic (exact) mass is 274 g/mol. The highest BCUT2D eigenvalue weighted by Crippen LogP contribution is 2.38. The Bertz CT molecular complexity index is 256. The number of ether oxygens (including phenoxy) is 1. The van der Waals surface area contributed by atoms with Crippen molar-refractivity contribution in [3.63, 3.8) is 0 Å². The van der Waals surface area contributed by atoms with Gasteiger partial charge in [0.05, 0.1) is 19.1 Å². The Labute approximate surface area is 113 Å². The predicted molar refractivity (Wildman–Crippen MR) is 78.2 cm³/mol. The number of carbonyl (C=O) groups excluding carboxylic acids is 1. The number of carbonyl (C=O) groups is 1. The van der Waals surface area contributed by atoms with Crippen molar-refractivity contribution in [3.8, 4) is 0 Å². The first-order valence-corrected chi connectivity index (χ1v) is 9.88. The first kappa shape index (κ1) is 17.6. The van der Waals surface area contributed by atoms with E-state index in [1.807, 2.05) is 6.92 Å². The molecule has 18 heavy (non-hydrogen) atoms. The molecule has 0 aromatic heterocycles. The van der Waals surface area contributed by atoms with Gasteiger partial charge in [0, 0.05) is 0 Å². The Morgan fingerprint density at radius 1 is 1.22 bits per heavy atom. The van der Waals surface area contributed by atoms with Crippen molar-refractivity contribution >= 4 is 14.3 Å². The molecule has 0 aliphatic rings. The van der Waals surface area contributed by atoms with Crippen LogP contribution >= 0.6 is 0 Å². The molecular formula is C14H30O3Si. The quantitative estimate of drug-likeness (QED) is 0.517. The molecule has 0 bridgehead atoms. The number of rotatable bonds is 7. The highest BCUT2D eigenvalue weighted by atomic mass is 28.4. The van der Waals surface area contributed by atoms with Gasteiger partial charge in [0.15, 0.2) is 8.32 Å². The summed E-state index contributed by atoms with van der Waals surface area (Å²) in [6.45, 7) is 15.5. The SMILES string of the molecule is CCC[C@H](CC(=O)OCC)O[Si](C)(C)C(C)(C)C. The molecule has 0 amide bonds. The van der Waals surface area contributed by atoms with Crippen molar-refractivity contribution in [2.75, 3.05) is 6.61 Å². The van der Waals surface area contributed by atoms with Gasteiger partial charge in [0.1, 0.15) is 0 Å². The molecule has 0 fully saturated rings. The van der Waals surface area contributed by atoms with Crippen LogP contribution < -0.4 is 0 Å². The van der Waals surface area contributed by atoms with Crippen molar-refractivity contribution in [2.24, 2.45) is 0 Å². The molecule has 0 aromatic rings. The van der Waals surface area contributed by atoms with Crippen LogP contribution in [0.5, 0.6) is 0 Å². The van der Waals surface area contributed by atoms with Gasteiger partial charge in [-0.2, -0.15) is 0 Å². The first-order valence-electron chi connectivity index (χ1n) is 6.97. The smallest absolute Gasteiger partial charge is 0.308 e. The van der Waals surface area contributed by atoms with Gasteiger partial charge in [-0.15, -0.1) is 0 Å². The molecule has 108 valence electrons. The zero-order valence-electron chi connectivity index (χ0n) is 13.1. The first-order chi connectivity index (χ1) is 8.14. The third-order valence-electron chi connectivity index (χ3n) is 3.58. The van der Waals surface area contributed by atoms with Gasteiger partial charge in [-0.3, -0.25) is 4.79 Å². The number of hydrogen-bond donors (Lipinski definition) is 0.